The number of aryl methyl sites for hydroxylation is 1. The summed E-state index contributed by atoms with van der Waals surface area (Å²) >= 11 is 1.46. The lowest BCUT2D eigenvalue weighted by Crippen LogP contribution is -2.34. The predicted molar refractivity (Wildman–Crippen MR) is 152 cm³/mol. The quantitative estimate of drug-likeness (QED) is 0.299. The van der Waals surface area contributed by atoms with Crippen LogP contribution in [-0.2, 0) is 10.0 Å². The lowest BCUT2D eigenvalue weighted by Gasteiger charge is -2.22. The number of sulfonamides is 1. The van der Waals surface area contributed by atoms with Gasteiger partial charge in [0.1, 0.15) is 11.3 Å². The Morgan fingerprint density at radius 2 is 1.62 bits per heavy atom. The van der Waals surface area contributed by atoms with Crippen LogP contribution in [0.5, 0.6) is 5.75 Å². The maximum atomic E-state index is 13.7. The number of ether oxygens (including phenoxy) is 1. The van der Waals surface area contributed by atoms with Gasteiger partial charge < -0.3 is 9.64 Å². The molecule has 1 heterocycles. The van der Waals surface area contributed by atoms with E-state index >= 15 is 0 Å². The van der Waals surface area contributed by atoms with Crippen LogP contribution in [0.3, 0.4) is 0 Å². The molecule has 0 atom stereocenters. The molecule has 0 saturated carbocycles. The zero-order chi connectivity index (χ0) is 27.2. The molecule has 0 saturated heterocycles. The number of hydrogen-bond donors (Lipinski definition) is 0. The fourth-order valence-corrected chi connectivity index (χ4v) is 6.83. The van der Waals surface area contributed by atoms with Crippen molar-refractivity contribution in [1.29, 1.82) is 0 Å². The van der Waals surface area contributed by atoms with E-state index in [1.165, 1.54) is 27.8 Å². The minimum absolute atomic E-state index is 0.199. The summed E-state index contributed by atoms with van der Waals surface area (Å²) in [6.45, 7) is 8.18. The van der Waals surface area contributed by atoms with Gasteiger partial charge in [0.2, 0.25) is 10.0 Å². The second kappa shape index (κ2) is 12.8. The van der Waals surface area contributed by atoms with Crippen LogP contribution in [-0.4, -0.2) is 75.9 Å². The molecule has 3 rings (SSSR count). The third-order valence-corrected chi connectivity index (χ3v) is 9.19. The first-order valence-electron chi connectivity index (χ1n) is 12.6. The summed E-state index contributed by atoms with van der Waals surface area (Å²) in [5, 5.41) is 0.597. The number of nitrogens with zero attached hydrogens (tertiary/aromatic N) is 4. The maximum absolute atomic E-state index is 13.7. The molecule has 37 heavy (non-hydrogen) atoms. The molecule has 0 unspecified atom stereocenters. The highest BCUT2D eigenvalue weighted by atomic mass is 32.2. The van der Waals surface area contributed by atoms with E-state index in [1.54, 1.807) is 24.1 Å². The van der Waals surface area contributed by atoms with Crippen molar-refractivity contribution in [1.82, 2.24) is 14.2 Å². The van der Waals surface area contributed by atoms with Crippen LogP contribution in [0, 0.1) is 6.92 Å². The molecule has 0 fully saturated rings. The Morgan fingerprint density at radius 3 is 2.19 bits per heavy atom. The van der Waals surface area contributed by atoms with Crippen LogP contribution in [0.25, 0.3) is 10.2 Å². The summed E-state index contributed by atoms with van der Waals surface area (Å²) in [5.74, 6) is 0.458. The molecule has 0 aliphatic heterocycles. The molecule has 0 spiro atoms. The number of methoxy groups -OCH3 is 1. The Hall–Kier alpha value is -2.53. The van der Waals surface area contributed by atoms with Crippen molar-refractivity contribution >= 4 is 42.6 Å². The van der Waals surface area contributed by atoms with Crippen molar-refractivity contribution in [3.8, 4) is 5.75 Å². The largest absolute Gasteiger partial charge is 0.494 e. The average molecular weight is 547 g/mol. The molecule has 1 amide bonds. The van der Waals surface area contributed by atoms with E-state index in [9.17, 15) is 13.2 Å². The number of fused-ring (bicyclic) bond motifs is 1. The number of anilines is 1. The summed E-state index contributed by atoms with van der Waals surface area (Å²) < 4.78 is 34.3. The van der Waals surface area contributed by atoms with Gasteiger partial charge in [-0.25, -0.2) is 13.4 Å². The number of aromatic nitrogens is 1. The van der Waals surface area contributed by atoms with Crippen molar-refractivity contribution in [3.05, 3.63) is 47.5 Å². The lowest BCUT2D eigenvalue weighted by atomic mass is 10.2. The van der Waals surface area contributed by atoms with Crippen LogP contribution < -0.4 is 9.64 Å². The number of rotatable bonds is 13. The van der Waals surface area contributed by atoms with Crippen molar-refractivity contribution in [2.75, 3.05) is 52.3 Å². The monoisotopic (exact) mass is 546 g/mol. The SMILES string of the molecule is CCCN(CCC)S(=O)(=O)c1ccc(C(=O)N(CCCN(C)C)c2nc3c(OC)ccc(C)c3s2)cc1. The van der Waals surface area contributed by atoms with Crippen molar-refractivity contribution in [2.45, 2.75) is 44.9 Å². The third kappa shape index (κ3) is 6.67. The highest BCUT2D eigenvalue weighted by Gasteiger charge is 2.26. The number of carbonyl (C=O) groups is 1. The first kappa shape index (κ1) is 29.0. The zero-order valence-electron chi connectivity index (χ0n) is 22.7. The molecular formula is C27H38N4O4S2. The molecule has 0 N–H and O–H groups in total. The molecule has 0 aliphatic carbocycles. The van der Waals surface area contributed by atoms with Gasteiger partial charge >= 0.3 is 0 Å². The molecule has 0 radical (unpaired) electrons. The Morgan fingerprint density at radius 1 is 0.973 bits per heavy atom. The maximum Gasteiger partial charge on any atom is 0.260 e. The van der Waals surface area contributed by atoms with E-state index in [0.29, 0.717) is 36.1 Å². The number of thiazole rings is 1. The fraction of sp³-hybridized carbons (Fsp3) is 0.481. The molecule has 202 valence electrons. The van der Waals surface area contributed by atoms with E-state index in [0.717, 1.165) is 41.6 Å². The average Bonchev–Trinajstić information content (AvgIpc) is 3.32. The Kier molecular flexibility index (Phi) is 10.1. The molecule has 0 bridgehead atoms. The second-order valence-electron chi connectivity index (χ2n) is 9.30. The van der Waals surface area contributed by atoms with Gasteiger partial charge in [-0.3, -0.25) is 9.69 Å². The standard InChI is InChI=1S/C27H38N4O4S2/c1-7-16-30(17-8-2)37(33,34)22-13-11-21(12-14-22)26(32)31(19-9-18-29(4)5)27-28-24-23(35-6)15-10-20(3)25(24)36-27/h10-15H,7-9,16-19H2,1-6H3. The van der Waals surface area contributed by atoms with E-state index < -0.39 is 10.0 Å². The minimum atomic E-state index is -3.62. The van der Waals surface area contributed by atoms with Crippen molar-refractivity contribution < 1.29 is 17.9 Å². The number of amides is 1. The smallest absolute Gasteiger partial charge is 0.260 e. The van der Waals surface area contributed by atoms with Crippen LogP contribution in [0.15, 0.2) is 41.3 Å². The molecule has 1 aromatic heterocycles. The van der Waals surface area contributed by atoms with Crippen molar-refractivity contribution in [2.24, 2.45) is 0 Å². The van der Waals surface area contributed by atoms with E-state index in [2.05, 4.69) is 4.90 Å². The van der Waals surface area contributed by atoms with Gasteiger partial charge in [0.05, 0.1) is 16.7 Å². The van der Waals surface area contributed by atoms with Gasteiger partial charge in [0.25, 0.3) is 5.91 Å². The fourth-order valence-electron chi connectivity index (χ4n) is 4.13. The van der Waals surface area contributed by atoms with Gasteiger partial charge in [0.15, 0.2) is 5.13 Å². The third-order valence-electron chi connectivity index (χ3n) is 6.06. The van der Waals surface area contributed by atoms with Crippen LogP contribution >= 0.6 is 11.3 Å². The van der Waals surface area contributed by atoms with Gasteiger partial charge in [-0.15, -0.1) is 0 Å². The highest BCUT2D eigenvalue weighted by Crippen LogP contribution is 2.37. The number of benzene rings is 2. The summed E-state index contributed by atoms with van der Waals surface area (Å²) in [6.07, 6.45) is 2.24. The van der Waals surface area contributed by atoms with Gasteiger partial charge in [-0.2, -0.15) is 4.31 Å². The Labute approximate surface area is 224 Å². The molecular weight excluding hydrogens is 508 g/mol. The van der Waals surface area contributed by atoms with Gasteiger partial charge in [0, 0.05) is 25.2 Å². The van der Waals surface area contributed by atoms with E-state index in [-0.39, 0.29) is 10.8 Å². The Balaban J connectivity index is 1.96. The summed E-state index contributed by atoms with van der Waals surface area (Å²) in [6, 6.07) is 10.1. The molecule has 3 aromatic rings. The van der Waals surface area contributed by atoms with E-state index in [1.807, 2.05) is 47.0 Å². The number of hydrogen-bond acceptors (Lipinski definition) is 7. The lowest BCUT2D eigenvalue weighted by molar-refractivity contribution is 0.0986. The first-order chi connectivity index (χ1) is 17.6. The van der Waals surface area contributed by atoms with Crippen LogP contribution in [0.4, 0.5) is 5.13 Å². The molecule has 10 heteroatoms. The highest BCUT2D eigenvalue weighted by molar-refractivity contribution is 7.89. The van der Waals surface area contributed by atoms with Crippen molar-refractivity contribution in [3.63, 3.8) is 0 Å². The summed E-state index contributed by atoms with van der Waals surface area (Å²) in [7, 11) is 1.99. The molecule has 0 aliphatic rings. The molecule has 2 aromatic carbocycles. The predicted octanol–water partition coefficient (Wildman–Crippen LogP) is 5.02. The van der Waals surface area contributed by atoms with Gasteiger partial charge in [-0.1, -0.05) is 31.3 Å². The topological polar surface area (TPSA) is 83.1 Å². The van der Waals surface area contributed by atoms with Crippen LogP contribution in [0.1, 0.15) is 49.0 Å². The number of carbonyl (C=O) groups excluding carboxylic acids is 1. The zero-order valence-corrected chi connectivity index (χ0v) is 24.3. The molecule has 8 nitrogen and oxygen atoms in total. The summed E-state index contributed by atoms with van der Waals surface area (Å²) in [5.41, 5.74) is 2.23. The van der Waals surface area contributed by atoms with Gasteiger partial charge in [-0.05, 0) is 82.7 Å². The second-order valence-corrected chi connectivity index (χ2v) is 12.2. The summed E-state index contributed by atoms with van der Waals surface area (Å²) in [4.78, 5) is 22.5. The normalized spacial score (nSPS) is 12.0. The minimum Gasteiger partial charge on any atom is -0.494 e. The first-order valence-corrected chi connectivity index (χ1v) is 14.9. The Bertz CT molecular complexity index is 1300. The van der Waals surface area contributed by atoms with E-state index in [4.69, 9.17) is 9.72 Å². The van der Waals surface area contributed by atoms with Crippen LogP contribution in [0.2, 0.25) is 0 Å².